The lowest BCUT2D eigenvalue weighted by molar-refractivity contribution is 0.00139. The highest BCUT2D eigenvalue weighted by Crippen LogP contribution is 2.55. The van der Waals surface area contributed by atoms with Gasteiger partial charge in [0, 0.05) is 49.6 Å². The fraction of sp³-hybridized carbons (Fsp3) is 0.714. The first-order valence-electron chi connectivity index (χ1n) is 10.1. The molecule has 0 amide bonds. The Morgan fingerprint density at radius 2 is 2.00 bits per heavy atom. The predicted octanol–water partition coefficient (Wildman–Crippen LogP) is 2.01. The van der Waals surface area contributed by atoms with Crippen molar-refractivity contribution < 1.29 is 18.9 Å². The summed E-state index contributed by atoms with van der Waals surface area (Å²) in [7, 11) is 6.07. The lowest BCUT2D eigenvalue weighted by Gasteiger charge is -2.31. The van der Waals surface area contributed by atoms with Gasteiger partial charge >= 0.3 is 0 Å². The Morgan fingerprint density at radius 1 is 1.22 bits per heavy atom. The van der Waals surface area contributed by atoms with E-state index in [1.54, 1.807) is 7.11 Å². The van der Waals surface area contributed by atoms with Gasteiger partial charge in [0.15, 0.2) is 11.5 Å². The summed E-state index contributed by atoms with van der Waals surface area (Å²) < 4.78 is 23.7. The monoisotopic (exact) mass is 374 g/mol. The molecule has 0 unspecified atom stereocenters. The van der Waals surface area contributed by atoms with Gasteiger partial charge in [-0.25, -0.2) is 0 Å². The van der Waals surface area contributed by atoms with Crippen LogP contribution >= 0.6 is 0 Å². The Balaban J connectivity index is 1.36. The molecule has 0 radical (unpaired) electrons. The van der Waals surface area contributed by atoms with Gasteiger partial charge in [0.2, 0.25) is 0 Å². The summed E-state index contributed by atoms with van der Waals surface area (Å²) in [6, 6.07) is 4.06. The number of ether oxygens (including phenoxy) is 4. The molecule has 1 aromatic rings. The molecule has 4 heterocycles. The summed E-state index contributed by atoms with van der Waals surface area (Å²) in [5.74, 6) is 3.79. The highest BCUT2D eigenvalue weighted by atomic mass is 16.6. The molecule has 0 N–H and O–H groups in total. The number of likely N-dealkylation sites (tertiary alicyclic amines) is 1. The Labute approximate surface area is 161 Å². The lowest BCUT2D eigenvalue weighted by Crippen LogP contribution is -2.40. The molecule has 4 atom stereocenters. The number of methoxy groups -OCH3 is 1. The SMILES string of the molecule is COc1cc2c(cc1CN1C[C@@H]3[C@H](CN(C)C)[C@H]4CC[C@]3(C1)O4)OCCO2. The van der Waals surface area contributed by atoms with Gasteiger partial charge in [-0.05, 0) is 33.0 Å². The highest BCUT2D eigenvalue weighted by Gasteiger charge is 2.62. The Morgan fingerprint density at radius 3 is 2.74 bits per heavy atom. The largest absolute Gasteiger partial charge is 0.496 e. The number of hydrogen-bond acceptors (Lipinski definition) is 6. The molecule has 0 saturated carbocycles. The van der Waals surface area contributed by atoms with E-state index in [0.29, 0.717) is 31.2 Å². The summed E-state index contributed by atoms with van der Waals surface area (Å²) in [6.07, 6.45) is 2.89. The molecule has 3 fully saturated rings. The van der Waals surface area contributed by atoms with E-state index < -0.39 is 0 Å². The van der Waals surface area contributed by atoms with Crippen molar-refractivity contribution >= 4 is 0 Å². The maximum Gasteiger partial charge on any atom is 0.165 e. The van der Waals surface area contributed by atoms with Crippen LogP contribution in [0.3, 0.4) is 0 Å². The van der Waals surface area contributed by atoms with Gasteiger partial charge in [0.25, 0.3) is 0 Å². The molecule has 4 aliphatic heterocycles. The molecule has 5 rings (SSSR count). The Bertz CT molecular complexity index is 724. The quantitative estimate of drug-likeness (QED) is 0.786. The van der Waals surface area contributed by atoms with Crippen LogP contribution in [0.5, 0.6) is 17.2 Å². The number of fused-ring (bicyclic) bond motifs is 2. The van der Waals surface area contributed by atoms with Gasteiger partial charge < -0.3 is 23.8 Å². The van der Waals surface area contributed by atoms with Crippen LogP contribution in [0.2, 0.25) is 0 Å². The van der Waals surface area contributed by atoms with E-state index in [9.17, 15) is 0 Å². The van der Waals surface area contributed by atoms with Gasteiger partial charge in [-0.2, -0.15) is 0 Å². The second-order valence-corrected chi connectivity index (χ2v) is 8.77. The molecule has 6 heteroatoms. The third kappa shape index (κ3) is 2.89. The van der Waals surface area contributed by atoms with Crippen molar-refractivity contribution in [3.05, 3.63) is 17.7 Å². The van der Waals surface area contributed by atoms with Gasteiger partial charge in [-0.1, -0.05) is 0 Å². The third-order valence-electron chi connectivity index (χ3n) is 6.77. The Kier molecular flexibility index (Phi) is 4.26. The summed E-state index contributed by atoms with van der Waals surface area (Å²) >= 11 is 0. The van der Waals surface area contributed by atoms with E-state index in [2.05, 4.69) is 30.0 Å². The van der Waals surface area contributed by atoms with E-state index in [0.717, 1.165) is 49.0 Å². The molecule has 0 aliphatic carbocycles. The van der Waals surface area contributed by atoms with Crippen LogP contribution in [0.15, 0.2) is 12.1 Å². The van der Waals surface area contributed by atoms with Crippen LogP contribution in [0, 0.1) is 11.8 Å². The minimum Gasteiger partial charge on any atom is -0.496 e. The molecule has 1 spiro atoms. The van der Waals surface area contributed by atoms with Crippen LogP contribution in [0.4, 0.5) is 0 Å². The molecule has 6 nitrogen and oxygen atoms in total. The summed E-state index contributed by atoms with van der Waals surface area (Å²) in [6.45, 7) is 5.31. The van der Waals surface area contributed by atoms with E-state index in [1.165, 1.54) is 12.8 Å². The molecular formula is C21H30N2O4. The van der Waals surface area contributed by atoms with E-state index in [4.69, 9.17) is 18.9 Å². The molecule has 2 bridgehead atoms. The van der Waals surface area contributed by atoms with Crippen LogP contribution in [0.1, 0.15) is 18.4 Å². The second kappa shape index (κ2) is 6.54. The number of nitrogens with zero attached hydrogens (tertiary/aromatic N) is 2. The Hall–Kier alpha value is -1.50. The van der Waals surface area contributed by atoms with E-state index in [1.807, 2.05) is 6.07 Å². The number of hydrogen-bond donors (Lipinski definition) is 0. The maximum atomic E-state index is 6.57. The van der Waals surface area contributed by atoms with Crippen LogP contribution in [-0.4, -0.2) is 75.6 Å². The van der Waals surface area contributed by atoms with E-state index >= 15 is 0 Å². The smallest absolute Gasteiger partial charge is 0.165 e. The number of benzene rings is 1. The van der Waals surface area contributed by atoms with E-state index in [-0.39, 0.29) is 5.60 Å². The zero-order valence-electron chi connectivity index (χ0n) is 16.6. The average Bonchev–Trinajstić information content (AvgIpc) is 3.30. The first-order chi connectivity index (χ1) is 13.1. The molecule has 27 heavy (non-hydrogen) atoms. The van der Waals surface area contributed by atoms with Crippen molar-refractivity contribution in [1.82, 2.24) is 9.80 Å². The standard InChI is InChI=1S/C21H30N2O4/c1-22(2)11-15-16-12-23(13-21(16)5-4-17(15)27-21)10-14-8-19-20(9-18(14)24-3)26-7-6-25-19/h8-9,15-17H,4-7,10-13H2,1-3H3/t15-,16+,17+,21+/m0/s1. The van der Waals surface area contributed by atoms with Crippen molar-refractivity contribution in [2.24, 2.45) is 11.8 Å². The fourth-order valence-electron chi connectivity index (χ4n) is 5.74. The van der Waals surface area contributed by atoms with Crippen molar-refractivity contribution in [1.29, 1.82) is 0 Å². The van der Waals surface area contributed by atoms with Crippen LogP contribution < -0.4 is 14.2 Å². The summed E-state index contributed by atoms with van der Waals surface area (Å²) in [5, 5.41) is 0. The highest BCUT2D eigenvalue weighted by molar-refractivity contribution is 5.51. The normalized spacial score (nSPS) is 34.3. The molecule has 3 saturated heterocycles. The van der Waals surface area contributed by atoms with Crippen LogP contribution in [-0.2, 0) is 11.3 Å². The molecule has 0 aromatic heterocycles. The molecule has 148 valence electrons. The summed E-state index contributed by atoms with van der Waals surface area (Å²) in [4.78, 5) is 4.86. The number of rotatable bonds is 5. The maximum absolute atomic E-state index is 6.57. The average molecular weight is 374 g/mol. The van der Waals surface area contributed by atoms with Crippen molar-refractivity contribution in [3.8, 4) is 17.2 Å². The van der Waals surface area contributed by atoms with Gasteiger partial charge in [0.1, 0.15) is 19.0 Å². The van der Waals surface area contributed by atoms with Crippen molar-refractivity contribution in [2.45, 2.75) is 31.1 Å². The first kappa shape index (κ1) is 17.6. The zero-order valence-corrected chi connectivity index (χ0v) is 16.6. The first-order valence-corrected chi connectivity index (χ1v) is 10.1. The van der Waals surface area contributed by atoms with Gasteiger partial charge in [-0.3, -0.25) is 4.90 Å². The minimum atomic E-state index is 0.0758. The van der Waals surface area contributed by atoms with Gasteiger partial charge in [0.05, 0.1) is 18.8 Å². The van der Waals surface area contributed by atoms with Crippen LogP contribution in [0.25, 0.3) is 0 Å². The van der Waals surface area contributed by atoms with Crippen molar-refractivity contribution in [2.75, 3.05) is 54.1 Å². The molecule has 1 aromatic carbocycles. The third-order valence-corrected chi connectivity index (χ3v) is 6.77. The molecular weight excluding hydrogens is 344 g/mol. The second-order valence-electron chi connectivity index (χ2n) is 8.77. The fourth-order valence-corrected chi connectivity index (χ4v) is 5.74. The predicted molar refractivity (Wildman–Crippen MR) is 102 cm³/mol. The minimum absolute atomic E-state index is 0.0758. The summed E-state index contributed by atoms with van der Waals surface area (Å²) in [5.41, 5.74) is 1.24. The zero-order chi connectivity index (χ0) is 18.6. The topological polar surface area (TPSA) is 43.4 Å². The van der Waals surface area contributed by atoms with Gasteiger partial charge in [-0.15, -0.1) is 0 Å². The molecule has 4 aliphatic rings. The lowest BCUT2D eigenvalue weighted by atomic mass is 9.73. The van der Waals surface area contributed by atoms with Crippen molar-refractivity contribution in [3.63, 3.8) is 0 Å².